The maximum atomic E-state index is 13.6. The van der Waals surface area contributed by atoms with Gasteiger partial charge in [0.25, 0.3) is 0 Å². The summed E-state index contributed by atoms with van der Waals surface area (Å²) in [6, 6.07) is 5.26. The maximum absolute atomic E-state index is 13.6. The Bertz CT molecular complexity index is 739. The van der Waals surface area contributed by atoms with E-state index in [0.717, 1.165) is 24.2 Å². The van der Waals surface area contributed by atoms with Crippen LogP contribution in [0.2, 0.25) is 0 Å². The Labute approximate surface area is 166 Å². The number of guanidine groups is 1. The van der Waals surface area contributed by atoms with Gasteiger partial charge < -0.3 is 10.6 Å². The average Bonchev–Trinajstić information content (AvgIpc) is 2.79. The van der Waals surface area contributed by atoms with Crippen LogP contribution in [0, 0.1) is 26.6 Å². The highest BCUT2D eigenvalue weighted by Crippen LogP contribution is 2.12. The lowest BCUT2D eigenvalue weighted by Crippen LogP contribution is -2.38. The fourth-order valence-electron chi connectivity index (χ4n) is 2.64. The second kappa shape index (κ2) is 9.74. The van der Waals surface area contributed by atoms with Crippen LogP contribution in [0.4, 0.5) is 4.39 Å². The molecule has 0 unspecified atom stereocenters. The molecule has 25 heavy (non-hydrogen) atoms. The molecule has 0 aliphatic rings. The molecular weight excluding hydrogens is 432 g/mol. The summed E-state index contributed by atoms with van der Waals surface area (Å²) in [5.74, 6) is 0.523. The Hall–Kier alpha value is -1.64. The first-order valence-corrected chi connectivity index (χ1v) is 8.11. The SMILES string of the molecule is CN=C(NCCc1c(C)nn(C)c1C)NCc1ccc(C)c(F)c1.I. The highest BCUT2D eigenvalue weighted by Gasteiger charge is 2.09. The van der Waals surface area contributed by atoms with Crippen LogP contribution < -0.4 is 10.6 Å². The molecule has 2 aromatic rings. The first-order valence-electron chi connectivity index (χ1n) is 8.11. The lowest BCUT2D eigenvalue weighted by molar-refractivity contribution is 0.615. The Kier molecular flexibility index (Phi) is 8.34. The Morgan fingerprint density at radius 1 is 1.24 bits per heavy atom. The minimum atomic E-state index is -0.181. The summed E-state index contributed by atoms with van der Waals surface area (Å²) in [7, 11) is 3.69. The number of nitrogens with one attached hydrogen (secondary N) is 2. The topological polar surface area (TPSA) is 54.2 Å². The van der Waals surface area contributed by atoms with Gasteiger partial charge in [0.15, 0.2) is 5.96 Å². The molecule has 0 radical (unpaired) electrons. The summed E-state index contributed by atoms with van der Waals surface area (Å²) in [6.07, 6.45) is 0.880. The molecular formula is C18H27FIN5. The third kappa shape index (κ3) is 5.69. The molecule has 7 heteroatoms. The molecule has 1 aromatic carbocycles. The first-order chi connectivity index (χ1) is 11.4. The van der Waals surface area contributed by atoms with E-state index in [1.54, 1.807) is 26.1 Å². The van der Waals surface area contributed by atoms with Gasteiger partial charge in [-0.1, -0.05) is 12.1 Å². The van der Waals surface area contributed by atoms with Crippen LogP contribution in [0.3, 0.4) is 0 Å². The van der Waals surface area contributed by atoms with Gasteiger partial charge in [-0.2, -0.15) is 5.10 Å². The Morgan fingerprint density at radius 3 is 2.52 bits per heavy atom. The Morgan fingerprint density at radius 2 is 1.96 bits per heavy atom. The van der Waals surface area contributed by atoms with Crippen LogP contribution >= 0.6 is 24.0 Å². The average molecular weight is 459 g/mol. The zero-order valence-corrected chi connectivity index (χ0v) is 17.8. The molecule has 0 aliphatic carbocycles. The normalized spacial score (nSPS) is 11.2. The number of aliphatic imine (C=N–C) groups is 1. The van der Waals surface area contributed by atoms with Crippen molar-refractivity contribution < 1.29 is 4.39 Å². The largest absolute Gasteiger partial charge is 0.356 e. The number of benzene rings is 1. The quantitative estimate of drug-likeness (QED) is 0.411. The fourth-order valence-corrected chi connectivity index (χ4v) is 2.64. The number of rotatable bonds is 5. The van der Waals surface area contributed by atoms with Crippen molar-refractivity contribution in [3.8, 4) is 0 Å². The van der Waals surface area contributed by atoms with E-state index in [2.05, 4.69) is 27.6 Å². The van der Waals surface area contributed by atoms with Crippen molar-refractivity contribution in [2.45, 2.75) is 33.7 Å². The van der Waals surface area contributed by atoms with Crippen LogP contribution in [0.1, 0.15) is 28.1 Å². The van der Waals surface area contributed by atoms with Crippen LogP contribution in [-0.2, 0) is 20.0 Å². The van der Waals surface area contributed by atoms with Crippen molar-refractivity contribution in [1.29, 1.82) is 0 Å². The summed E-state index contributed by atoms with van der Waals surface area (Å²) >= 11 is 0. The van der Waals surface area contributed by atoms with Crippen LogP contribution in [0.5, 0.6) is 0 Å². The van der Waals surface area contributed by atoms with E-state index < -0.39 is 0 Å². The second-order valence-electron chi connectivity index (χ2n) is 5.96. The van der Waals surface area contributed by atoms with Gasteiger partial charge in [0.05, 0.1) is 5.69 Å². The molecule has 5 nitrogen and oxygen atoms in total. The summed E-state index contributed by atoms with van der Waals surface area (Å²) in [5, 5.41) is 10.9. The molecule has 0 aliphatic heterocycles. The van der Waals surface area contributed by atoms with Crippen LogP contribution in [-0.4, -0.2) is 29.3 Å². The monoisotopic (exact) mass is 459 g/mol. The number of aromatic nitrogens is 2. The lowest BCUT2D eigenvalue weighted by Gasteiger charge is -2.12. The predicted molar refractivity (Wildman–Crippen MR) is 111 cm³/mol. The predicted octanol–water partition coefficient (Wildman–Crippen LogP) is 3.01. The first kappa shape index (κ1) is 21.4. The molecule has 1 heterocycles. The molecule has 0 spiro atoms. The minimum absolute atomic E-state index is 0. The van der Waals surface area contributed by atoms with Crippen molar-refractivity contribution in [2.75, 3.05) is 13.6 Å². The molecule has 0 bridgehead atoms. The summed E-state index contributed by atoms with van der Waals surface area (Å²) in [6.45, 7) is 7.16. The molecule has 0 amide bonds. The van der Waals surface area contributed by atoms with E-state index in [-0.39, 0.29) is 29.8 Å². The standard InChI is InChI=1S/C18H26FN5.HI/c1-12-6-7-15(10-17(12)19)11-22-18(20-4)21-9-8-16-13(2)23-24(5)14(16)3;/h6-7,10H,8-9,11H2,1-5H3,(H2,20,21,22);1H. The van der Waals surface area contributed by atoms with Gasteiger partial charge >= 0.3 is 0 Å². The molecule has 2 rings (SSSR count). The lowest BCUT2D eigenvalue weighted by atomic mass is 10.1. The third-order valence-corrected chi connectivity index (χ3v) is 4.25. The van der Waals surface area contributed by atoms with Gasteiger partial charge in [0, 0.05) is 32.9 Å². The van der Waals surface area contributed by atoms with E-state index in [9.17, 15) is 4.39 Å². The van der Waals surface area contributed by atoms with Gasteiger partial charge in [-0.05, 0) is 49.9 Å². The molecule has 0 fully saturated rings. The van der Waals surface area contributed by atoms with Crippen molar-refractivity contribution in [1.82, 2.24) is 20.4 Å². The number of nitrogens with zero attached hydrogens (tertiary/aromatic N) is 3. The molecule has 2 N–H and O–H groups in total. The molecule has 138 valence electrons. The zero-order valence-electron chi connectivity index (χ0n) is 15.5. The van der Waals surface area contributed by atoms with Crippen molar-refractivity contribution >= 4 is 29.9 Å². The molecule has 0 atom stereocenters. The van der Waals surface area contributed by atoms with Gasteiger partial charge in [-0.25, -0.2) is 4.39 Å². The molecule has 1 aromatic heterocycles. The smallest absolute Gasteiger partial charge is 0.191 e. The van der Waals surface area contributed by atoms with Gasteiger partial charge in [-0.3, -0.25) is 9.67 Å². The van der Waals surface area contributed by atoms with Crippen LogP contribution in [0.25, 0.3) is 0 Å². The summed E-state index contributed by atoms with van der Waals surface area (Å²) in [4.78, 5) is 4.20. The zero-order chi connectivity index (χ0) is 17.7. The Balaban J connectivity index is 0.00000312. The van der Waals surface area contributed by atoms with E-state index >= 15 is 0 Å². The van der Waals surface area contributed by atoms with E-state index in [0.29, 0.717) is 18.1 Å². The fraction of sp³-hybridized carbons (Fsp3) is 0.444. The van der Waals surface area contributed by atoms with Crippen molar-refractivity contribution in [3.05, 3.63) is 52.1 Å². The van der Waals surface area contributed by atoms with Gasteiger partial charge in [0.2, 0.25) is 0 Å². The summed E-state index contributed by atoms with van der Waals surface area (Å²) < 4.78 is 15.5. The third-order valence-electron chi connectivity index (χ3n) is 4.25. The number of hydrogen-bond donors (Lipinski definition) is 2. The van der Waals surface area contributed by atoms with Gasteiger partial charge in [0.1, 0.15) is 5.82 Å². The highest BCUT2D eigenvalue weighted by atomic mass is 127. The second-order valence-corrected chi connectivity index (χ2v) is 5.96. The van der Waals surface area contributed by atoms with Crippen molar-refractivity contribution in [3.63, 3.8) is 0 Å². The number of aryl methyl sites for hydroxylation is 3. The summed E-state index contributed by atoms with van der Waals surface area (Å²) in [5.41, 5.74) is 5.06. The maximum Gasteiger partial charge on any atom is 0.191 e. The highest BCUT2D eigenvalue weighted by molar-refractivity contribution is 14.0. The van der Waals surface area contributed by atoms with Crippen LogP contribution in [0.15, 0.2) is 23.2 Å². The molecule has 0 saturated heterocycles. The number of halogens is 2. The number of hydrogen-bond acceptors (Lipinski definition) is 2. The van der Waals surface area contributed by atoms with Gasteiger partial charge in [-0.15, -0.1) is 24.0 Å². The van der Waals surface area contributed by atoms with E-state index in [1.165, 1.54) is 11.3 Å². The van der Waals surface area contributed by atoms with E-state index in [4.69, 9.17) is 0 Å². The molecule has 0 saturated carbocycles. The van der Waals surface area contributed by atoms with E-state index in [1.807, 2.05) is 24.7 Å². The van der Waals surface area contributed by atoms with Crippen molar-refractivity contribution in [2.24, 2.45) is 12.0 Å². The minimum Gasteiger partial charge on any atom is -0.356 e.